The Kier molecular flexibility index (Phi) is 6.36. The fourth-order valence-electron chi connectivity index (χ4n) is 3.94. The number of nitrogens with zero attached hydrogens (tertiary/aromatic N) is 2. The van der Waals surface area contributed by atoms with Gasteiger partial charge < -0.3 is 10.1 Å². The predicted octanol–water partition coefficient (Wildman–Crippen LogP) is 3.13. The van der Waals surface area contributed by atoms with Crippen molar-refractivity contribution in [3.05, 3.63) is 52.1 Å². The number of carbonyl (C=O) groups excluding carboxylic acids is 1. The molecule has 8 nitrogen and oxygen atoms in total. The second-order valence-electron chi connectivity index (χ2n) is 7.64. The molecule has 1 amide bonds. The van der Waals surface area contributed by atoms with Crippen LogP contribution in [0.15, 0.2) is 52.2 Å². The number of hydrogen-bond acceptors (Lipinski definition) is 6. The van der Waals surface area contributed by atoms with E-state index < -0.39 is 10.0 Å². The van der Waals surface area contributed by atoms with Crippen molar-refractivity contribution in [2.24, 2.45) is 5.92 Å². The molecular formula is C22H25N3O5S2. The molecular weight excluding hydrogens is 450 g/mol. The molecule has 1 N–H and O–H groups in total. The highest BCUT2D eigenvalue weighted by atomic mass is 32.2. The van der Waals surface area contributed by atoms with Crippen LogP contribution in [-0.4, -0.2) is 43.4 Å². The van der Waals surface area contributed by atoms with Crippen LogP contribution in [-0.2, 0) is 21.4 Å². The minimum Gasteiger partial charge on any atom is -0.497 e. The molecule has 2 heterocycles. The van der Waals surface area contributed by atoms with Crippen LogP contribution in [0.4, 0.5) is 5.69 Å². The zero-order chi connectivity index (χ0) is 22.9. The van der Waals surface area contributed by atoms with Gasteiger partial charge in [-0.3, -0.25) is 14.2 Å². The molecule has 1 fully saturated rings. The number of anilines is 1. The summed E-state index contributed by atoms with van der Waals surface area (Å²) in [6.45, 7) is 3.09. The standard InChI is InChI=1S/C22H25N3O5S2/c1-3-25-19-9-4-16(14-20(19)31-22(25)27)23-21(26)15-10-12-24(13-11-15)32(28,29)18-7-5-17(30-2)6-8-18/h4-9,14-15H,3,10-13H2,1-2H3,(H,23,26). The maximum Gasteiger partial charge on any atom is 0.308 e. The molecule has 0 saturated carbocycles. The average Bonchev–Trinajstić information content (AvgIpc) is 3.13. The van der Waals surface area contributed by atoms with E-state index in [1.165, 1.54) is 23.5 Å². The molecule has 32 heavy (non-hydrogen) atoms. The van der Waals surface area contributed by atoms with E-state index in [1.54, 1.807) is 22.8 Å². The second kappa shape index (κ2) is 9.05. The number of fused-ring (bicyclic) bond motifs is 1. The predicted molar refractivity (Wildman–Crippen MR) is 125 cm³/mol. The number of nitrogens with one attached hydrogen (secondary N) is 1. The highest BCUT2D eigenvalue weighted by Crippen LogP contribution is 2.27. The molecule has 1 aliphatic heterocycles. The third-order valence-corrected chi connectivity index (χ3v) is 8.63. The van der Waals surface area contributed by atoms with Gasteiger partial charge in [-0.15, -0.1) is 0 Å². The number of benzene rings is 2. The van der Waals surface area contributed by atoms with Crippen LogP contribution in [0.3, 0.4) is 0 Å². The summed E-state index contributed by atoms with van der Waals surface area (Å²) in [6, 6.07) is 11.8. The Balaban J connectivity index is 1.40. The van der Waals surface area contributed by atoms with Crippen molar-refractivity contribution in [2.75, 3.05) is 25.5 Å². The molecule has 10 heteroatoms. The zero-order valence-electron chi connectivity index (χ0n) is 17.9. The number of rotatable bonds is 6. The molecule has 2 aromatic carbocycles. The molecule has 0 spiro atoms. The van der Waals surface area contributed by atoms with E-state index in [1.807, 2.05) is 19.1 Å². The van der Waals surface area contributed by atoms with Gasteiger partial charge in [-0.1, -0.05) is 11.3 Å². The van der Waals surface area contributed by atoms with Gasteiger partial charge in [-0.2, -0.15) is 4.31 Å². The van der Waals surface area contributed by atoms with Gasteiger partial charge in [0, 0.05) is 31.2 Å². The molecule has 4 rings (SSSR count). The molecule has 0 aliphatic carbocycles. The minimum atomic E-state index is -3.61. The van der Waals surface area contributed by atoms with Gasteiger partial charge in [-0.25, -0.2) is 8.42 Å². The quantitative estimate of drug-likeness (QED) is 0.591. The van der Waals surface area contributed by atoms with Gasteiger partial charge in [0.15, 0.2) is 0 Å². The summed E-state index contributed by atoms with van der Waals surface area (Å²) in [5.41, 5.74) is 1.50. The molecule has 0 bridgehead atoms. The minimum absolute atomic E-state index is 0.0172. The van der Waals surface area contributed by atoms with Gasteiger partial charge in [0.25, 0.3) is 0 Å². The summed E-state index contributed by atoms with van der Waals surface area (Å²) < 4.78 is 34.8. The first-order valence-electron chi connectivity index (χ1n) is 10.4. The number of amides is 1. The number of aryl methyl sites for hydroxylation is 1. The zero-order valence-corrected chi connectivity index (χ0v) is 19.5. The van der Waals surface area contributed by atoms with Crippen LogP contribution < -0.4 is 14.9 Å². The van der Waals surface area contributed by atoms with Crippen molar-refractivity contribution < 1.29 is 17.9 Å². The van der Waals surface area contributed by atoms with Crippen LogP contribution in [0.1, 0.15) is 19.8 Å². The number of thiazole rings is 1. The Bertz CT molecular complexity index is 1290. The number of carbonyl (C=O) groups is 1. The Morgan fingerprint density at radius 1 is 1.16 bits per heavy atom. The SMILES string of the molecule is CCn1c(=O)sc2cc(NC(=O)C3CCN(S(=O)(=O)c4ccc(OC)cc4)CC3)ccc21. The molecule has 1 aromatic heterocycles. The van der Waals surface area contributed by atoms with Gasteiger partial charge in [0.05, 0.1) is 22.2 Å². The Labute approximate surface area is 190 Å². The third-order valence-electron chi connectivity index (χ3n) is 5.77. The van der Waals surface area contributed by atoms with Crippen molar-refractivity contribution in [1.82, 2.24) is 8.87 Å². The normalized spacial score (nSPS) is 15.7. The summed E-state index contributed by atoms with van der Waals surface area (Å²) in [5, 5.41) is 2.92. The number of methoxy groups -OCH3 is 1. The first-order chi connectivity index (χ1) is 15.3. The largest absolute Gasteiger partial charge is 0.497 e. The number of ether oxygens (including phenoxy) is 1. The Morgan fingerprint density at radius 2 is 1.84 bits per heavy atom. The lowest BCUT2D eigenvalue weighted by atomic mass is 9.97. The van der Waals surface area contributed by atoms with E-state index >= 15 is 0 Å². The lowest BCUT2D eigenvalue weighted by Gasteiger charge is -2.30. The van der Waals surface area contributed by atoms with Crippen LogP contribution in [0.25, 0.3) is 10.2 Å². The Morgan fingerprint density at radius 3 is 2.47 bits per heavy atom. The van der Waals surface area contributed by atoms with E-state index in [4.69, 9.17) is 4.74 Å². The van der Waals surface area contributed by atoms with E-state index in [0.717, 1.165) is 21.6 Å². The molecule has 1 aliphatic rings. The van der Waals surface area contributed by atoms with Crippen LogP contribution >= 0.6 is 11.3 Å². The monoisotopic (exact) mass is 475 g/mol. The van der Waals surface area contributed by atoms with Crippen molar-refractivity contribution in [2.45, 2.75) is 31.2 Å². The summed E-state index contributed by atoms with van der Waals surface area (Å²) in [5.74, 6) is 0.191. The number of hydrogen-bond donors (Lipinski definition) is 1. The maximum atomic E-state index is 12.9. The number of aromatic nitrogens is 1. The maximum absolute atomic E-state index is 12.9. The molecule has 0 atom stereocenters. The second-order valence-corrected chi connectivity index (χ2v) is 10.6. The van der Waals surface area contributed by atoms with Gasteiger partial charge in [0.2, 0.25) is 15.9 Å². The van der Waals surface area contributed by atoms with Gasteiger partial charge in [0.1, 0.15) is 5.75 Å². The van der Waals surface area contributed by atoms with Crippen LogP contribution in [0.2, 0.25) is 0 Å². The van der Waals surface area contributed by atoms with Crippen molar-refractivity contribution in [1.29, 1.82) is 0 Å². The summed E-state index contributed by atoms with van der Waals surface area (Å²) >= 11 is 1.16. The Hall–Kier alpha value is -2.69. The van der Waals surface area contributed by atoms with E-state index in [2.05, 4.69) is 5.32 Å². The van der Waals surface area contributed by atoms with Crippen LogP contribution in [0, 0.1) is 5.92 Å². The summed E-state index contributed by atoms with van der Waals surface area (Å²) in [6.07, 6.45) is 0.895. The van der Waals surface area contributed by atoms with E-state index in [0.29, 0.717) is 30.8 Å². The lowest BCUT2D eigenvalue weighted by molar-refractivity contribution is -0.120. The fraction of sp³-hybridized carbons (Fsp3) is 0.364. The third kappa shape index (κ3) is 4.30. The van der Waals surface area contributed by atoms with Crippen molar-refractivity contribution in [3.63, 3.8) is 0 Å². The van der Waals surface area contributed by atoms with Gasteiger partial charge >= 0.3 is 4.87 Å². The van der Waals surface area contributed by atoms with Crippen molar-refractivity contribution in [3.8, 4) is 5.75 Å². The first kappa shape index (κ1) is 22.5. The number of piperidine rings is 1. The van der Waals surface area contributed by atoms with E-state index in [-0.39, 0.29) is 34.7 Å². The summed E-state index contributed by atoms with van der Waals surface area (Å²) in [7, 11) is -2.08. The molecule has 0 radical (unpaired) electrons. The van der Waals surface area contributed by atoms with Crippen molar-refractivity contribution >= 4 is 43.2 Å². The average molecular weight is 476 g/mol. The number of sulfonamides is 1. The van der Waals surface area contributed by atoms with Gasteiger partial charge in [-0.05, 0) is 62.2 Å². The topological polar surface area (TPSA) is 97.7 Å². The van der Waals surface area contributed by atoms with Crippen LogP contribution in [0.5, 0.6) is 5.75 Å². The lowest BCUT2D eigenvalue weighted by Crippen LogP contribution is -2.41. The highest BCUT2D eigenvalue weighted by molar-refractivity contribution is 7.89. The highest BCUT2D eigenvalue weighted by Gasteiger charge is 2.32. The van der Waals surface area contributed by atoms with E-state index in [9.17, 15) is 18.0 Å². The molecule has 170 valence electrons. The summed E-state index contributed by atoms with van der Waals surface area (Å²) in [4.78, 5) is 25.0. The molecule has 3 aromatic rings. The first-order valence-corrected chi connectivity index (χ1v) is 12.7. The fourth-order valence-corrected chi connectivity index (χ4v) is 6.41. The molecule has 1 saturated heterocycles. The smallest absolute Gasteiger partial charge is 0.308 e. The molecule has 0 unspecified atom stereocenters.